The summed E-state index contributed by atoms with van der Waals surface area (Å²) in [5.41, 5.74) is 0. The first-order chi connectivity index (χ1) is 12.2. The Morgan fingerprint density at radius 3 is 2.32 bits per heavy atom. The van der Waals surface area contributed by atoms with Crippen molar-refractivity contribution in [3.05, 3.63) is 0 Å². The van der Waals surface area contributed by atoms with Crippen LogP contribution < -0.4 is 5.32 Å². The van der Waals surface area contributed by atoms with Crippen LogP contribution in [0.1, 0.15) is 51.4 Å². The molecule has 2 N–H and O–H groups in total. The lowest BCUT2D eigenvalue weighted by Crippen LogP contribution is -2.48. The molecule has 3 fully saturated rings. The van der Waals surface area contributed by atoms with E-state index >= 15 is 0 Å². The van der Waals surface area contributed by atoms with Gasteiger partial charge in [-0.15, -0.1) is 0 Å². The molecule has 25 heavy (non-hydrogen) atoms. The number of hydrogen-bond donors (Lipinski definition) is 2. The molecule has 6 heteroatoms. The number of likely N-dealkylation sites (tertiary alicyclic amines) is 2. The molecular formula is C19H33N3O3. The molecule has 0 aromatic carbocycles. The van der Waals surface area contributed by atoms with E-state index in [1.54, 1.807) is 0 Å². The number of hydrogen-bond acceptors (Lipinski definition) is 4. The van der Waals surface area contributed by atoms with Crippen molar-refractivity contribution in [3.8, 4) is 0 Å². The molecule has 142 valence electrons. The van der Waals surface area contributed by atoms with Gasteiger partial charge in [0.1, 0.15) is 0 Å². The SMILES string of the molecule is O=C(NCCN1CCCC[C@@H]1CO)C1CCN(C(=O)C2CCC2)CC1. The summed E-state index contributed by atoms with van der Waals surface area (Å²) in [6.45, 7) is 4.15. The van der Waals surface area contributed by atoms with Crippen LogP contribution in [0.3, 0.4) is 0 Å². The standard InChI is InChI=1S/C19H33N3O3/c23-14-17-6-1-2-10-21(17)13-9-20-18(24)15-7-11-22(12-8-15)19(25)16-4-3-5-16/h15-17,23H,1-14H2,(H,20,24)/t17-/m1/s1. The number of piperidine rings is 2. The molecule has 0 unspecified atom stereocenters. The molecule has 0 radical (unpaired) electrons. The average Bonchev–Trinajstić information content (AvgIpc) is 2.60. The van der Waals surface area contributed by atoms with Crippen molar-refractivity contribution >= 4 is 11.8 Å². The van der Waals surface area contributed by atoms with Crippen molar-refractivity contribution in [2.45, 2.75) is 57.4 Å². The lowest BCUT2D eigenvalue weighted by molar-refractivity contribution is -0.141. The summed E-state index contributed by atoms with van der Waals surface area (Å²) in [5.74, 6) is 0.744. The van der Waals surface area contributed by atoms with Crippen molar-refractivity contribution in [2.24, 2.45) is 11.8 Å². The Morgan fingerprint density at radius 2 is 1.68 bits per heavy atom. The number of aliphatic hydroxyl groups is 1. The van der Waals surface area contributed by atoms with Gasteiger partial charge in [0.25, 0.3) is 0 Å². The van der Waals surface area contributed by atoms with Gasteiger partial charge in [-0.05, 0) is 45.1 Å². The molecule has 0 aromatic rings. The fourth-order valence-corrected chi connectivity index (χ4v) is 4.30. The summed E-state index contributed by atoms with van der Waals surface area (Å²) in [6, 6.07) is 0.256. The van der Waals surface area contributed by atoms with Gasteiger partial charge in [0.05, 0.1) is 6.61 Å². The minimum Gasteiger partial charge on any atom is -0.395 e. The van der Waals surface area contributed by atoms with Crippen LogP contribution in [0, 0.1) is 11.8 Å². The number of nitrogens with one attached hydrogen (secondary N) is 1. The van der Waals surface area contributed by atoms with Crippen LogP contribution in [0.25, 0.3) is 0 Å². The first-order valence-electron chi connectivity index (χ1n) is 10.1. The second-order valence-electron chi connectivity index (χ2n) is 7.89. The molecule has 1 atom stereocenters. The Balaban J connectivity index is 1.34. The first-order valence-corrected chi connectivity index (χ1v) is 10.1. The van der Waals surface area contributed by atoms with Crippen LogP contribution in [0.5, 0.6) is 0 Å². The zero-order valence-corrected chi connectivity index (χ0v) is 15.3. The number of amides is 2. The number of carbonyl (C=O) groups excluding carboxylic acids is 2. The third-order valence-electron chi connectivity index (χ3n) is 6.29. The van der Waals surface area contributed by atoms with Gasteiger partial charge in [0.15, 0.2) is 0 Å². The topological polar surface area (TPSA) is 72.9 Å². The molecule has 3 aliphatic rings. The van der Waals surface area contributed by atoms with Crippen LogP contribution in [0.2, 0.25) is 0 Å². The third kappa shape index (κ3) is 4.73. The number of nitrogens with zero attached hydrogens (tertiary/aromatic N) is 2. The fourth-order valence-electron chi connectivity index (χ4n) is 4.30. The van der Waals surface area contributed by atoms with Crippen molar-refractivity contribution in [1.82, 2.24) is 15.1 Å². The Labute approximate surface area is 150 Å². The highest BCUT2D eigenvalue weighted by molar-refractivity contribution is 5.81. The van der Waals surface area contributed by atoms with Crippen LogP contribution in [-0.2, 0) is 9.59 Å². The van der Waals surface area contributed by atoms with Gasteiger partial charge in [0, 0.05) is 44.1 Å². The summed E-state index contributed by atoms with van der Waals surface area (Å²) in [7, 11) is 0. The van der Waals surface area contributed by atoms with Gasteiger partial charge >= 0.3 is 0 Å². The minimum absolute atomic E-state index is 0.0421. The molecule has 0 bridgehead atoms. The molecule has 2 aliphatic heterocycles. The highest BCUT2D eigenvalue weighted by Gasteiger charge is 2.33. The van der Waals surface area contributed by atoms with E-state index in [0.29, 0.717) is 12.5 Å². The van der Waals surface area contributed by atoms with Crippen LogP contribution >= 0.6 is 0 Å². The predicted octanol–water partition coefficient (Wildman–Crippen LogP) is 0.988. The van der Waals surface area contributed by atoms with Crippen LogP contribution in [-0.4, -0.2) is 72.1 Å². The van der Waals surface area contributed by atoms with E-state index in [-0.39, 0.29) is 30.4 Å². The normalized spacial score (nSPS) is 26.3. The fraction of sp³-hybridized carbons (Fsp3) is 0.895. The summed E-state index contributed by atoms with van der Waals surface area (Å²) in [6.07, 6.45) is 8.27. The maximum atomic E-state index is 12.4. The predicted molar refractivity (Wildman–Crippen MR) is 96.0 cm³/mol. The highest BCUT2D eigenvalue weighted by Crippen LogP contribution is 2.30. The maximum absolute atomic E-state index is 12.4. The Morgan fingerprint density at radius 1 is 0.920 bits per heavy atom. The van der Waals surface area contributed by atoms with E-state index in [2.05, 4.69) is 10.2 Å². The molecule has 0 aromatic heterocycles. The first kappa shape index (κ1) is 18.6. The van der Waals surface area contributed by atoms with E-state index in [1.165, 1.54) is 19.3 Å². The quantitative estimate of drug-likeness (QED) is 0.748. The van der Waals surface area contributed by atoms with E-state index in [1.807, 2.05) is 4.90 Å². The van der Waals surface area contributed by atoms with E-state index < -0.39 is 0 Å². The van der Waals surface area contributed by atoms with Crippen LogP contribution in [0.4, 0.5) is 0 Å². The van der Waals surface area contributed by atoms with Crippen molar-refractivity contribution in [2.75, 3.05) is 39.3 Å². The van der Waals surface area contributed by atoms with E-state index in [9.17, 15) is 14.7 Å². The van der Waals surface area contributed by atoms with E-state index in [4.69, 9.17) is 0 Å². The summed E-state index contributed by atoms with van der Waals surface area (Å²) in [5, 5.41) is 12.5. The summed E-state index contributed by atoms with van der Waals surface area (Å²) in [4.78, 5) is 28.9. The zero-order chi connectivity index (χ0) is 17.6. The van der Waals surface area contributed by atoms with Crippen molar-refractivity contribution in [1.29, 1.82) is 0 Å². The molecule has 1 saturated carbocycles. The highest BCUT2D eigenvalue weighted by atomic mass is 16.3. The smallest absolute Gasteiger partial charge is 0.225 e. The summed E-state index contributed by atoms with van der Waals surface area (Å²) < 4.78 is 0. The lowest BCUT2D eigenvalue weighted by atomic mass is 9.83. The molecule has 6 nitrogen and oxygen atoms in total. The van der Waals surface area contributed by atoms with Crippen molar-refractivity contribution in [3.63, 3.8) is 0 Å². The monoisotopic (exact) mass is 351 g/mol. The van der Waals surface area contributed by atoms with Gasteiger partial charge in [-0.2, -0.15) is 0 Å². The molecule has 2 heterocycles. The van der Waals surface area contributed by atoms with Crippen molar-refractivity contribution < 1.29 is 14.7 Å². The molecule has 1 aliphatic carbocycles. The van der Waals surface area contributed by atoms with Gasteiger partial charge in [-0.1, -0.05) is 12.8 Å². The second-order valence-corrected chi connectivity index (χ2v) is 7.89. The third-order valence-corrected chi connectivity index (χ3v) is 6.29. The summed E-state index contributed by atoms with van der Waals surface area (Å²) >= 11 is 0. The van der Waals surface area contributed by atoms with Gasteiger partial charge in [-0.25, -0.2) is 0 Å². The second kappa shape index (κ2) is 8.99. The number of carbonyl (C=O) groups is 2. The number of rotatable bonds is 6. The Hall–Kier alpha value is -1.14. The van der Waals surface area contributed by atoms with Crippen LogP contribution in [0.15, 0.2) is 0 Å². The molecule has 3 rings (SSSR count). The average molecular weight is 351 g/mol. The lowest BCUT2D eigenvalue weighted by Gasteiger charge is -2.36. The van der Waals surface area contributed by atoms with Gasteiger partial charge in [0.2, 0.25) is 11.8 Å². The minimum atomic E-state index is 0.0421. The van der Waals surface area contributed by atoms with Gasteiger partial charge in [-0.3, -0.25) is 14.5 Å². The Kier molecular flexibility index (Phi) is 6.70. The zero-order valence-electron chi connectivity index (χ0n) is 15.3. The Bertz CT molecular complexity index is 459. The molecule has 0 spiro atoms. The van der Waals surface area contributed by atoms with Gasteiger partial charge < -0.3 is 15.3 Å². The number of aliphatic hydroxyl groups excluding tert-OH is 1. The maximum Gasteiger partial charge on any atom is 0.225 e. The molecule has 2 saturated heterocycles. The molecule has 2 amide bonds. The largest absolute Gasteiger partial charge is 0.395 e. The molecular weight excluding hydrogens is 318 g/mol. The van der Waals surface area contributed by atoms with E-state index in [0.717, 1.165) is 58.3 Å².